The number of allylic oxidation sites excluding steroid dienone is 2. The van der Waals surface area contributed by atoms with Crippen LogP contribution in [0.3, 0.4) is 0 Å². The van der Waals surface area contributed by atoms with Gasteiger partial charge in [0, 0.05) is 0 Å². The molecule has 4 nitrogen and oxygen atoms in total. The summed E-state index contributed by atoms with van der Waals surface area (Å²) in [5.41, 5.74) is 2.86. The maximum absolute atomic E-state index is 11.4. The fourth-order valence-corrected chi connectivity index (χ4v) is 5.48. The van der Waals surface area contributed by atoms with E-state index in [1.165, 1.54) is 17.6 Å². The van der Waals surface area contributed by atoms with Gasteiger partial charge in [-0.15, -0.1) is 0 Å². The van der Waals surface area contributed by atoms with Gasteiger partial charge in [0.1, 0.15) is 0 Å². The lowest BCUT2D eigenvalue weighted by Crippen LogP contribution is -2.40. The highest BCUT2D eigenvalue weighted by atomic mass is 16.4. The summed E-state index contributed by atoms with van der Waals surface area (Å²) in [6.07, 6.45) is 4.24. The minimum absolute atomic E-state index is 0.0268. The molecule has 0 aromatic carbocycles. The van der Waals surface area contributed by atoms with E-state index in [1.54, 1.807) is 0 Å². The van der Waals surface area contributed by atoms with Gasteiger partial charge in [0.05, 0.1) is 11.8 Å². The molecule has 6 atom stereocenters. The highest BCUT2D eigenvalue weighted by molar-refractivity contribution is 5.83. The smallest absolute Gasteiger partial charge is 0.307 e. The van der Waals surface area contributed by atoms with Crippen molar-refractivity contribution in [1.82, 2.24) is 0 Å². The van der Waals surface area contributed by atoms with E-state index >= 15 is 0 Å². The predicted molar refractivity (Wildman–Crippen MR) is 61.7 cm³/mol. The number of hydrogen-bond donors (Lipinski definition) is 2. The lowest BCUT2D eigenvalue weighted by molar-refractivity contribution is -0.156. The van der Waals surface area contributed by atoms with Gasteiger partial charge in [-0.3, -0.25) is 9.59 Å². The first kappa shape index (κ1) is 10.6. The Kier molecular flexibility index (Phi) is 1.86. The molecule has 0 aromatic heterocycles. The molecule has 0 spiro atoms. The zero-order chi connectivity index (χ0) is 12.6. The van der Waals surface area contributed by atoms with Gasteiger partial charge < -0.3 is 10.2 Å². The van der Waals surface area contributed by atoms with Crippen molar-refractivity contribution in [3.8, 4) is 0 Å². The summed E-state index contributed by atoms with van der Waals surface area (Å²) in [6, 6.07) is 0. The molecular formula is C14H16O4. The van der Waals surface area contributed by atoms with Crippen molar-refractivity contribution in [2.24, 2.45) is 35.5 Å². The number of hydrogen-bond acceptors (Lipinski definition) is 2. The Morgan fingerprint density at radius 2 is 1.83 bits per heavy atom. The Morgan fingerprint density at radius 1 is 1.11 bits per heavy atom. The van der Waals surface area contributed by atoms with Crippen LogP contribution in [0.25, 0.3) is 0 Å². The Bertz CT molecular complexity index is 492. The molecule has 4 rings (SSSR count). The zero-order valence-electron chi connectivity index (χ0n) is 10.0. The molecule has 4 heteroatoms. The van der Waals surface area contributed by atoms with Crippen LogP contribution in [0.2, 0.25) is 0 Å². The maximum atomic E-state index is 11.4. The minimum atomic E-state index is -0.913. The maximum Gasteiger partial charge on any atom is 0.307 e. The Morgan fingerprint density at radius 3 is 2.50 bits per heavy atom. The van der Waals surface area contributed by atoms with Crippen molar-refractivity contribution in [3.05, 3.63) is 11.1 Å². The summed E-state index contributed by atoms with van der Waals surface area (Å²) >= 11 is 0. The standard InChI is InChI=1S/C14H16O4/c15-13(16)11-7-4-8(12(11)14(17)18)10-6-2-1-5(3-6)9(7)10/h5,7-9,11-12H,1-4H2,(H,15,16)(H,17,18). The van der Waals surface area contributed by atoms with E-state index in [1.807, 2.05) is 0 Å². The van der Waals surface area contributed by atoms with Crippen LogP contribution in [0.15, 0.2) is 11.1 Å². The fourth-order valence-electron chi connectivity index (χ4n) is 5.48. The van der Waals surface area contributed by atoms with Crippen molar-refractivity contribution in [2.45, 2.75) is 25.7 Å². The number of carbonyl (C=O) groups is 2. The largest absolute Gasteiger partial charge is 0.481 e. The molecule has 0 aliphatic heterocycles. The van der Waals surface area contributed by atoms with E-state index in [2.05, 4.69) is 0 Å². The van der Waals surface area contributed by atoms with Crippen molar-refractivity contribution < 1.29 is 19.8 Å². The van der Waals surface area contributed by atoms with Crippen LogP contribution in [-0.4, -0.2) is 22.2 Å². The van der Waals surface area contributed by atoms with Crippen LogP contribution in [0.1, 0.15) is 25.7 Å². The number of carboxylic acids is 2. The van der Waals surface area contributed by atoms with Gasteiger partial charge in [0.15, 0.2) is 0 Å². The fraction of sp³-hybridized carbons (Fsp3) is 0.714. The van der Waals surface area contributed by atoms with Crippen LogP contribution in [0, 0.1) is 35.5 Å². The summed E-state index contributed by atoms with van der Waals surface area (Å²) in [4.78, 5) is 22.8. The van der Waals surface area contributed by atoms with Crippen molar-refractivity contribution in [1.29, 1.82) is 0 Å². The molecular weight excluding hydrogens is 232 g/mol. The molecule has 4 aliphatic rings. The average molecular weight is 248 g/mol. The quantitative estimate of drug-likeness (QED) is 0.730. The van der Waals surface area contributed by atoms with E-state index in [4.69, 9.17) is 0 Å². The molecule has 3 fully saturated rings. The molecule has 18 heavy (non-hydrogen) atoms. The van der Waals surface area contributed by atoms with Gasteiger partial charge in [0.25, 0.3) is 0 Å². The number of aliphatic carboxylic acids is 2. The SMILES string of the molecule is O=C(O)C1C2CC(C3C2=C2CCC3C2)C1C(=O)O. The van der Waals surface area contributed by atoms with Gasteiger partial charge in [-0.25, -0.2) is 0 Å². The van der Waals surface area contributed by atoms with E-state index < -0.39 is 23.8 Å². The highest BCUT2D eigenvalue weighted by Gasteiger charge is 2.64. The normalized spacial score (nSPS) is 47.8. The van der Waals surface area contributed by atoms with Gasteiger partial charge in [-0.2, -0.15) is 0 Å². The molecule has 96 valence electrons. The molecule has 0 aromatic rings. The topological polar surface area (TPSA) is 74.6 Å². The summed E-state index contributed by atoms with van der Waals surface area (Å²) in [5, 5.41) is 18.7. The Balaban J connectivity index is 1.81. The molecule has 0 amide bonds. The van der Waals surface area contributed by atoms with Crippen molar-refractivity contribution >= 4 is 11.9 Å². The molecule has 4 bridgehead atoms. The third-order valence-electron chi connectivity index (χ3n) is 5.84. The van der Waals surface area contributed by atoms with E-state index in [0.717, 1.165) is 19.3 Å². The van der Waals surface area contributed by atoms with Crippen LogP contribution < -0.4 is 0 Å². The number of rotatable bonds is 2. The molecule has 4 aliphatic carbocycles. The first-order valence-electron chi connectivity index (χ1n) is 6.77. The summed E-state index contributed by atoms with van der Waals surface area (Å²) in [6.45, 7) is 0. The van der Waals surface area contributed by atoms with E-state index in [9.17, 15) is 19.8 Å². The minimum Gasteiger partial charge on any atom is -0.481 e. The average Bonchev–Trinajstić information content (AvgIpc) is 3.04. The summed E-state index contributed by atoms with van der Waals surface area (Å²) in [7, 11) is 0. The van der Waals surface area contributed by atoms with Gasteiger partial charge >= 0.3 is 11.9 Å². The predicted octanol–water partition coefficient (Wildman–Crippen LogP) is 1.76. The van der Waals surface area contributed by atoms with E-state index in [-0.39, 0.29) is 11.8 Å². The van der Waals surface area contributed by atoms with Crippen LogP contribution >= 0.6 is 0 Å². The first-order chi connectivity index (χ1) is 8.59. The molecule has 0 saturated heterocycles. The highest BCUT2D eigenvalue weighted by Crippen LogP contribution is 2.67. The van der Waals surface area contributed by atoms with Gasteiger partial charge in [0.2, 0.25) is 0 Å². The molecule has 3 saturated carbocycles. The monoisotopic (exact) mass is 248 g/mol. The lowest BCUT2D eigenvalue weighted by atomic mass is 9.67. The lowest BCUT2D eigenvalue weighted by Gasteiger charge is -2.35. The Labute approximate surface area is 105 Å². The van der Waals surface area contributed by atoms with Crippen molar-refractivity contribution in [2.75, 3.05) is 0 Å². The molecule has 0 radical (unpaired) electrons. The van der Waals surface area contributed by atoms with Crippen LogP contribution in [-0.2, 0) is 9.59 Å². The van der Waals surface area contributed by atoms with Crippen LogP contribution in [0.5, 0.6) is 0 Å². The second kappa shape index (κ2) is 3.16. The molecule has 2 N–H and O–H groups in total. The Hall–Kier alpha value is -1.32. The zero-order valence-corrected chi connectivity index (χ0v) is 10.0. The summed E-state index contributed by atoms with van der Waals surface area (Å²) < 4.78 is 0. The van der Waals surface area contributed by atoms with E-state index in [0.29, 0.717) is 11.8 Å². The third-order valence-corrected chi connectivity index (χ3v) is 5.84. The third kappa shape index (κ3) is 1.03. The molecule has 0 heterocycles. The van der Waals surface area contributed by atoms with Gasteiger partial charge in [-0.1, -0.05) is 11.1 Å². The first-order valence-corrected chi connectivity index (χ1v) is 6.77. The van der Waals surface area contributed by atoms with Crippen molar-refractivity contribution in [3.63, 3.8) is 0 Å². The second-order valence-electron chi connectivity index (χ2n) is 6.32. The second-order valence-corrected chi connectivity index (χ2v) is 6.32. The van der Waals surface area contributed by atoms with Crippen LogP contribution in [0.4, 0.5) is 0 Å². The summed E-state index contributed by atoms with van der Waals surface area (Å²) in [5.74, 6) is -1.99. The number of fused-ring (bicyclic) bond motifs is 8. The molecule has 6 unspecified atom stereocenters. The van der Waals surface area contributed by atoms with Gasteiger partial charge in [-0.05, 0) is 49.4 Å². The number of carboxylic acid groups (broad SMARTS) is 2.